The molecular weight excluding hydrogens is 435 g/mol. The number of ether oxygens (including phenoxy) is 1. The Morgan fingerprint density at radius 3 is 2.55 bits per heavy atom. The van der Waals surface area contributed by atoms with E-state index in [-0.39, 0.29) is 18.6 Å². The van der Waals surface area contributed by atoms with E-state index in [2.05, 4.69) is 5.32 Å². The molecule has 29 heavy (non-hydrogen) atoms. The van der Waals surface area contributed by atoms with Gasteiger partial charge in [-0.05, 0) is 48.7 Å². The van der Waals surface area contributed by atoms with E-state index in [0.29, 0.717) is 33.4 Å². The normalized spacial score (nSPS) is 16.6. The molecule has 2 aromatic carbocycles. The third-order valence-corrected chi connectivity index (χ3v) is 6.68. The topological polar surface area (TPSA) is 75.7 Å². The van der Waals surface area contributed by atoms with Gasteiger partial charge in [0, 0.05) is 18.7 Å². The Kier molecular flexibility index (Phi) is 7.05. The van der Waals surface area contributed by atoms with Crippen LogP contribution < -0.4 is 9.62 Å². The number of hydrogen-bond donors (Lipinski definition) is 1. The lowest BCUT2D eigenvalue weighted by atomic mass is 10.1. The zero-order valence-electron chi connectivity index (χ0n) is 15.9. The molecule has 1 N–H and O–H groups in total. The van der Waals surface area contributed by atoms with Crippen molar-refractivity contribution < 1.29 is 17.9 Å². The molecule has 156 valence electrons. The fourth-order valence-electron chi connectivity index (χ4n) is 3.12. The smallest absolute Gasteiger partial charge is 0.251 e. The first-order valence-electron chi connectivity index (χ1n) is 9.16. The molecule has 1 aliphatic heterocycles. The van der Waals surface area contributed by atoms with Crippen molar-refractivity contribution in [3.8, 4) is 0 Å². The summed E-state index contributed by atoms with van der Waals surface area (Å²) in [6.07, 6.45) is 3.12. The molecule has 9 heteroatoms. The zero-order valence-corrected chi connectivity index (χ0v) is 18.2. The first-order valence-corrected chi connectivity index (χ1v) is 11.8. The second kappa shape index (κ2) is 9.34. The van der Waals surface area contributed by atoms with Gasteiger partial charge in [0.2, 0.25) is 10.0 Å². The van der Waals surface area contributed by atoms with Crippen LogP contribution in [0.2, 0.25) is 10.0 Å². The molecule has 1 aliphatic rings. The number of benzene rings is 2. The maximum atomic E-state index is 12.4. The lowest BCUT2D eigenvalue weighted by Gasteiger charge is -2.23. The van der Waals surface area contributed by atoms with E-state index in [0.717, 1.165) is 25.7 Å². The predicted molar refractivity (Wildman–Crippen MR) is 115 cm³/mol. The highest BCUT2D eigenvalue weighted by molar-refractivity contribution is 7.92. The van der Waals surface area contributed by atoms with Gasteiger partial charge >= 0.3 is 0 Å². The Morgan fingerprint density at radius 1 is 1.21 bits per heavy atom. The highest BCUT2D eigenvalue weighted by atomic mass is 35.5. The van der Waals surface area contributed by atoms with Crippen molar-refractivity contribution in [2.75, 3.05) is 23.7 Å². The van der Waals surface area contributed by atoms with Crippen molar-refractivity contribution in [1.29, 1.82) is 0 Å². The van der Waals surface area contributed by atoms with E-state index in [9.17, 15) is 13.2 Å². The summed E-state index contributed by atoms with van der Waals surface area (Å²) in [6, 6.07) is 11.5. The van der Waals surface area contributed by atoms with Crippen molar-refractivity contribution in [2.45, 2.75) is 25.5 Å². The molecule has 0 spiro atoms. The van der Waals surface area contributed by atoms with Gasteiger partial charge in [0.25, 0.3) is 5.91 Å². The number of sulfonamides is 1. The van der Waals surface area contributed by atoms with Crippen LogP contribution in [0.1, 0.15) is 28.8 Å². The van der Waals surface area contributed by atoms with Gasteiger partial charge in [0.05, 0.1) is 34.6 Å². The van der Waals surface area contributed by atoms with E-state index in [1.54, 1.807) is 42.5 Å². The van der Waals surface area contributed by atoms with E-state index in [4.69, 9.17) is 27.9 Å². The molecule has 0 saturated carbocycles. The molecule has 0 radical (unpaired) electrons. The molecule has 6 nitrogen and oxygen atoms in total. The van der Waals surface area contributed by atoms with E-state index in [1.165, 1.54) is 4.31 Å². The Morgan fingerprint density at radius 2 is 1.93 bits per heavy atom. The first-order chi connectivity index (χ1) is 13.8. The number of carbonyl (C=O) groups is 1. The lowest BCUT2D eigenvalue weighted by Crippen LogP contribution is -2.32. The van der Waals surface area contributed by atoms with Crippen molar-refractivity contribution in [3.05, 3.63) is 63.6 Å². The van der Waals surface area contributed by atoms with Gasteiger partial charge in [-0.25, -0.2) is 8.42 Å². The molecule has 1 unspecified atom stereocenters. The van der Waals surface area contributed by atoms with Gasteiger partial charge in [-0.15, -0.1) is 0 Å². The molecule has 2 aromatic rings. The SMILES string of the molecule is CS(=O)(=O)N(Cc1cccc(Cl)c1Cl)c1ccc(C(=O)NCC2CCCO2)cc1. The monoisotopic (exact) mass is 456 g/mol. The third kappa shape index (κ3) is 5.63. The maximum absolute atomic E-state index is 12.4. The average molecular weight is 457 g/mol. The van der Waals surface area contributed by atoms with Gasteiger partial charge in [-0.2, -0.15) is 0 Å². The van der Waals surface area contributed by atoms with Crippen LogP contribution in [0, 0.1) is 0 Å². The fourth-order valence-corrected chi connectivity index (χ4v) is 4.38. The summed E-state index contributed by atoms with van der Waals surface area (Å²) >= 11 is 12.3. The molecule has 1 heterocycles. The minimum absolute atomic E-state index is 0.0305. The van der Waals surface area contributed by atoms with Gasteiger partial charge in [-0.1, -0.05) is 35.3 Å². The highest BCUT2D eigenvalue weighted by Gasteiger charge is 2.21. The van der Waals surface area contributed by atoms with Crippen LogP contribution in [0.25, 0.3) is 0 Å². The Bertz CT molecular complexity index is 974. The molecule has 1 amide bonds. The van der Waals surface area contributed by atoms with Crippen molar-refractivity contribution in [3.63, 3.8) is 0 Å². The Labute approximate surface area is 180 Å². The van der Waals surface area contributed by atoms with Crippen molar-refractivity contribution in [1.82, 2.24) is 5.32 Å². The van der Waals surface area contributed by atoms with Crippen LogP contribution in [-0.4, -0.2) is 39.8 Å². The molecule has 1 saturated heterocycles. The van der Waals surface area contributed by atoms with Crippen LogP contribution in [0.15, 0.2) is 42.5 Å². The quantitative estimate of drug-likeness (QED) is 0.685. The molecule has 0 bridgehead atoms. The van der Waals surface area contributed by atoms with E-state index >= 15 is 0 Å². The highest BCUT2D eigenvalue weighted by Crippen LogP contribution is 2.29. The third-order valence-electron chi connectivity index (χ3n) is 4.68. The standard InChI is InChI=1S/C20H22Cl2N2O4S/c1-29(26,27)24(13-15-4-2-6-18(21)19(15)22)16-9-7-14(8-10-16)20(25)23-12-17-5-3-11-28-17/h2,4,6-10,17H,3,5,11-13H2,1H3,(H,23,25). The molecule has 0 aliphatic carbocycles. The van der Waals surface area contributed by atoms with Gasteiger partial charge in [-0.3, -0.25) is 9.10 Å². The number of rotatable bonds is 7. The summed E-state index contributed by atoms with van der Waals surface area (Å²) in [5.74, 6) is -0.226. The number of halogens is 2. The molecule has 1 fully saturated rings. The van der Waals surface area contributed by atoms with E-state index < -0.39 is 10.0 Å². The van der Waals surface area contributed by atoms with Crippen LogP contribution in [0.4, 0.5) is 5.69 Å². The summed E-state index contributed by atoms with van der Waals surface area (Å²) in [5, 5.41) is 3.52. The zero-order chi connectivity index (χ0) is 21.0. The minimum atomic E-state index is -3.59. The number of anilines is 1. The van der Waals surface area contributed by atoms with Crippen molar-refractivity contribution >= 4 is 44.8 Å². The number of amides is 1. The summed E-state index contributed by atoms with van der Waals surface area (Å²) in [4.78, 5) is 12.3. The number of carbonyl (C=O) groups excluding carboxylic acids is 1. The number of nitrogens with zero attached hydrogens (tertiary/aromatic N) is 1. The molecule has 3 rings (SSSR count). The van der Waals surface area contributed by atoms with Gasteiger partial charge in [0.15, 0.2) is 0 Å². The molecular formula is C20H22Cl2N2O4S. The van der Waals surface area contributed by atoms with Gasteiger partial charge < -0.3 is 10.1 Å². The van der Waals surface area contributed by atoms with Crippen LogP contribution >= 0.6 is 23.2 Å². The number of nitrogens with one attached hydrogen (secondary N) is 1. The Hall–Kier alpha value is -1.80. The number of hydrogen-bond acceptors (Lipinski definition) is 4. The molecule has 0 aromatic heterocycles. The second-order valence-electron chi connectivity index (χ2n) is 6.87. The van der Waals surface area contributed by atoms with E-state index in [1.807, 2.05) is 0 Å². The largest absolute Gasteiger partial charge is 0.376 e. The lowest BCUT2D eigenvalue weighted by molar-refractivity contribution is 0.0858. The average Bonchev–Trinajstić information content (AvgIpc) is 3.20. The fraction of sp³-hybridized carbons (Fsp3) is 0.350. The van der Waals surface area contributed by atoms with Crippen molar-refractivity contribution in [2.24, 2.45) is 0 Å². The Balaban J connectivity index is 1.75. The van der Waals surface area contributed by atoms with Gasteiger partial charge in [0.1, 0.15) is 0 Å². The summed E-state index contributed by atoms with van der Waals surface area (Å²) in [6.45, 7) is 1.22. The summed E-state index contributed by atoms with van der Waals surface area (Å²) < 4.78 is 31.4. The summed E-state index contributed by atoms with van der Waals surface area (Å²) in [7, 11) is -3.59. The second-order valence-corrected chi connectivity index (χ2v) is 9.57. The molecule has 1 atom stereocenters. The predicted octanol–water partition coefficient (Wildman–Crippen LogP) is 3.87. The maximum Gasteiger partial charge on any atom is 0.251 e. The van der Waals surface area contributed by atoms with Crippen LogP contribution in [0.3, 0.4) is 0 Å². The minimum Gasteiger partial charge on any atom is -0.376 e. The van der Waals surface area contributed by atoms with Crippen LogP contribution in [0.5, 0.6) is 0 Å². The summed E-state index contributed by atoms with van der Waals surface area (Å²) in [5.41, 5.74) is 1.46. The van der Waals surface area contributed by atoms with Crippen LogP contribution in [-0.2, 0) is 21.3 Å². The first kappa shape index (κ1) is 21.9.